The minimum atomic E-state index is -0.817. The van der Waals surface area contributed by atoms with Crippen LogP contribution in [0.25, 0.3) is 0 Å². The van der Waals surface area contributed by atoms with Crippen molar-refractivity contribution in [1.29, 1.82) is 0 Å². The van der Waals surface area contributed by atoms with Gasteiger partial charge in [-0.05, 0) is 43.4 Å². The normalized spacial score (nSPS) is 21.3. The molecule has 1 aliphatic carbocycles. The van der Waals surface area contributed by atoms with Crippen LogP contribution < -0.4 is 11.1 Å². The highest BCUT2D eigenvalue weighted by molar-refractivity contribution is 5.98. The largest absolute Gasteiger partial charge is 0.381 e. The van der Waals surface area contributed by atoms with Crippen molar-refractivity contribution in [3.63, 3.8) is 0 Å². The van der Waals surface area contributed by atoms with Crippen LogP contribution in [0.5, 0.6) is 0 Å². The minimum Gasteiger partial charge on any atom is -0.381 e. The predicted octanol–water partition coefficient (Wildman–Crippen LogP) is 2.59. The average Bonchev–Trinajstić information content (AvgIpc) is 3.08. The number of hydrogen-bond acceptors (Lipinski definition) is 4. The number of ether oxygens (including phenoxy) is 2. The maximum Gasteiger partial charge on any atom is 0.244 e. The summed E-state index contributed by atoms with van der Waals surface area (Å²) in [5.41, 5.74) is 7.27. The van der Waals surface area contributed by atoms with Crippen LogP contribution in [0.4, 0.5) is 5.69 Å². The van der Waals surface area contributed by atoms with Crippen LogP contribution in [0.3, 0.4) is 0 Å². The average molecular weight is 318 g/mol. The second-order valence-corrected chi connectivity index (χ2v) is 6.64. The van der Waals surface area contributed by atoms with E-state index in [1.54, 1.807) is 0 Å². The molecule has 0 atom stereocenters. The Morgan fingerprint density at radius 2 is 1.87 bits per heavy atom. The zero-order chi connectivity index (χ0) is 16.1. The number of nitrogens with two attached hydrogens (primary N) is 1. The quantitative estimate of drug-likeness (QED) is 0.875. The van der Waals surface area contributed by atoms with E-state index in [1.807, 2.05) is 24.3 Å². The molecule has 2 fully saturated rings. The Hall–Kier alpha value is -1.43. The summed E-state index contributed by atoms with van der Waals surface area (Å²) in [6, 6.07) is 7.82. The fourth-order valence-corrected chi connectivity index (χ4v) is 3.17. The van der Waals surface area contributed by atoms with E-state index in [0.29, 0.717) is 38.8 Å². The molecule has 3 N–H and O–H groups in total. The molecule has 0 aromatic heterocycles. The van der Waals surface area contributed by atoms with Gasteiger partial charge in [0.25, 0.3) is 0 Å². The first-order chi connectivity index (χ1) is 11.2. The van der Waals surface area contributed by atoms with Crippen LogP contribution in [0.1, 0.15) is 44.1 Å². The summed E-state index contributed by atoms with van der Waals surface area (Å²) < 4.78 is 11.2. The Morgan fingerprint density at radius 1 is 1.22 bits per heavy atom. The van der Waals surface area contributed by atoms with Gasteiger partial charge in [-0.2, -0.15) is 0 Å². The van der Waals surface area contributed by atoms with E-state index < -0.39 is 5.54 Å². The molecular weight excluding hydrogens is 292 g/mol. The van der Waals surface area contributed by atoms with Crippen LogP contribution in [-0.2, 0) is 20.9 Å². The van der Waals surface area contributed by atoms with Gasteiger partial charge in [0.1, 0.15) is 5.54 Å². The zero-order valence-electron chi connectivity index (χ0n) is 13.6. The van der Waals surface area contributed by atoms with Crippen molar-refractivity contribution in [2.45, 2.75) is 56.8 Å². The van der Waals surface area contributed by atoms with E-state index >= 15 is 0 Å². The summed E-state index contributed by atoms with van der Waals surface area (Å²) in [4.78, 5) is 12.4. The Kier molecular flexibility index (Phi) is 5.30. The van der Waals surface area contributed by atoms with Crippen molar-refractivity contribution < 1.29 is 14.3 Å². The van der Waals surface area contributed by atoms with Crippen molar-refractivity contribution >= 4 is 11.6 Å². The molecule has 0 unspecified atom stereocenters. The first-order valence-corrected chi connectivity index (χ1v) is 8.54. The third kappa shape index (κ3) is 4.31. The van der Waals surface area contributed by atoms with E-state index in [2.05, 4.69) is 5.32 Å². The topological polar surface area (TPSA) is 73.6 Å². The van der Waals surface area contributed by atoms with Crippen molar-refractivity contribution in [3.8, 4) is 0 Å². The van der Waals surface area contributed by atoms with Gasteiger partial charge < -0.3 is 20.5 Å². The number of rotatable bonds is 5. The summed E-state index contributed by atoms with van der Waals surface area (Å²) in [7, 11) is 0. The Bertz CT molecular complexity index is 518. The highest BCUT2D eigenvalue weighted by Crippen LogP contribution is 2.23. The molecule has 3 rings (SSSR count). The Morgan fingerprint density at radius 3 is 2.52 bits per heavy atom. The van der Waals surface area contributed by atoms with Crippen molar-refractivity contribution in [2.75, 3.05) is 18.5 Å². The molecule has 2 aliphatic rings. The first kappa shape index (κ1) is 16.4. The van der Waals surface area contributed by atoms with Crippen LogP contribution in [0.15, 0.2) is 24.3 Å². The molecular formula is C18H26N2O3. The number of carbonyl (C=O) groups excluding carboxylic acids is 1. The molecule has 5 nitrogen and oxygen atoms in total. The molecule has 1 amide bonds. The standard InChI is InChI=1S/C18H26N2O3/c19-18(9-11-22-12-10-18)17(21)20-15-7-5-14(6-8-15)13-23-16-3-1-2-4-16/h5-8,16H,1-4,9-13,19H2,(H,20,21). The second-order valence-electron chi connectivity index (χ2n) is 6.64. The van der Waals surface area contributed by atoms with E-state index in [0.717, 1.165) is 11.3 Å². The van der Waals surface area contributed by atoms with Crippen LogP contribution >= 0.6 is 0 Å². The van der Waals surface area contributed by atoms with Crippen LogP contribution in [0, 0.1) is 0 Å². The molecule has 0 bridgehead atoms. The number of hydrogen-bond donors (Lipinski definition) is 2. The van der Waals surface area contributed by atoms with E-state index in [9.17, 15) is 4.79 Å². The fourth-order valence-electron chi connectivity index (χ4n) is 3.17. The lowest BCUT2D eigenvalue weighted by molar-refractivity contribution is -0.124. The van der Waals surface area contributed by atoms with E-state index in [-0.39, 0.29) is 5.91 Å². The number of benzene rings is 1. The molecule has 1 saturated heterocycles. The Labute approximate surface area is 137 Å². The lowest BCUT2D eigenvalue weighted by atomic mass is 9.90. The SMILES string of the molecule is NC1(C(=O)Nc2ccc(COC3CCCC3)cc2)CCOCC1. The van der Waals surface area contributed by atoms with Gasteiger partial charge in [0, 0.05) is 18.9 Å². The van der Waals surface area contributed by atoms with E-state index in [1.165, 1.54) is 25.7 Å². The van der Waals surface area contributed by atoms with Gasteiger partial charge in [-0.1, -0.05) is 25.0 Å². The maximum absolute atomic E-state index is 12.4. The van der Waals surface area contributed by atoms with Gasteiger partial charge in [-0.25, -0.2) is 0 Å². The van der Waals surface area contributed by atoms with Crippen molar-refractivity contribution in [1.82, 2.24) is 0 Å². The molecule has 1 saturated carbocycles. The fraction of sp³-hybridized carbons (Fsp3) is 0.611. The van der Waals surface area contributed by atoms with Gasteiger partial charge in [-0.15, -0.1) is 0 Å². The minimum absolute atomic E-state index is 0.129. The number of anilines is 1. The molecule has 1 aliphatic heterocycles. The summed E-state index contributed by atoms with van der Waals surface area (Å²) in [5, 5.41) is 2.92. The Balaban J connectivity index is 1.51. The smallest absolute Gasteiger partial charge is 0.244 e. The highest BCUT2D eigenvalue weighted by atomic mass is 16.5. The molecule has 5 heteroatoms. The van der Waals surface area contributed by atoms with Crippen molar-refractivity contribution in [3.05, 3.63) is 29.8 Å². The molecule has 23 heavy (non-hydrogen) atoms. The van der Waals surface area contributed by atoms with E-state index in [4.69, 9.17) is 15.2 Å². The summed E-state index contributed by atoms with van der Waals surface area (Å²) >= 11 is 0. The molecule has 1 aromatic rings. The molecule has 126 valence electrons. The molecule has 0 radical (unpaired) electrons. The van der Waals surface area contributed by atoms with Crippen molar-refractivity contribution in [2.24, 2.45) is 5.73 Å². The summed E-state index contributed by atoms with van der Waals surface area (Å²) in [6.45, 7) is 1.72. The van der Waals surface area contributed by atoms with Gasteiger partial charge in [0.2, 0.25) is 5.91 Å². The lowest BCUT2D eigenvalue weighted by Crippen LogP contribution is -2.54. The molecule has 0 spiro atoms. The van der Waals surface area contributed by atoms with Gasteiger partial charge >= 0.3 is 0 Å². The van der Waals surface area contributed by atoms with Crippen LogP contribution in [0.2, 0.25) is 0 Å². The monoisotopic (exact) mass is 318 g/mol. The van der Waals surface area contributed by atoms with Gasteiger partial charge in [0.05, 0.1) is 12.7 Å². The second kappa shape index (κ2) is 7.43. The highest BCUT2D eigenvalue weighted by Gasteiger charge is 2.35. The van der Waals surface area contributed by atoms with Gasteiger partial charge in [0.15, 0.2) is 0 Å². The third-order valence-corrected chi connectivity index (χ3v) is 4.84. The maximum atomic E-state index is 12.4. The molecule has 1 aromatic carbocycles. The summed E-state index contributed by atoms with van der Waals surface area (Å²) in [5.74, 6) is -0.129. The number of amides is 1. The zero-order valence-corrected chi connectivity index (χ0v) is 13.6. The van der Waals surface area contributed by atoms with Gasteiger partial charge in [-0.3, -0.25) is 4.79 Å². The first-order valence-electron chi connectivity index (χ1n) is 8.54. The number of carbonyl (C=O) groups is 1. The lowest BCUT2D eigenvalue weighted by Gasteiger charge is -2.31. The molecule has 1 heterocycles. The number of nitrogens with one attached hydrogen (secondary N) is 1. The third-order valence-electron chi connectivity index (χ3n) is 4.84. The predicted molar refractivity (Wildman–Crippen MR) is 89.1 cm³/mol. The van der Waals surface area contributed by atoms with Crippen LogP contribution in [-0.4, -0.2) is 30.8 Å². The summed E-state index contributed by atoms with van der Waals surface area (Å²) in [6.07, 6.45) is 6.45.